The normalized spacial score (nSPS) is 22.8. The Hall–Kier alpha value is -1.13. The lowest BCUT2D eigenvalue weighted by atomic mass is 10.0. The van der Waals surface area contributed by atoms with Gasteiger partial charge in [0.1, 0.15) is 0 Å². The number of nitrogens with zero attached hydrogens (tertiary/aromatic N) is 2. The Kier molecular flexibility index (Phi) is 3.69. The average molecular weight is 334 g/mol. The number of halogens is 1. The zero-order valence-corrected chi connectivity index (χ0v) is 13.5. The minimum atomic E-state index is 0.200. The summed E-state index contributed by atoms with van der Waals surface area (Å²) in [6.07, 6.45) is 2.09. The van der Waals surface area contributed by atoms with Crippen molar-refractivity contribution in [2.45, 2.75) is 31.7 Å². The Morgan fingerprint density at radius 2 is 2.10 bits per heavy atom. The maximum atomic E-state index is 6.42. The van der Waals surface area contributed by atoms with Crippen molar-refractivity contribution < 1.29 is 0 Å². The lowest BCUT2D eigenvalue weighted by Crippen LogP contribution is -2.27. The molecule has 2 N–H and O–H groups in total. The molecule has 3 rings (SSSR count). The van der Waals surface area contributed by atoms with Crippen molar-refractivity contribution in [3.63, 3.8) is 0 Å². The van der Waals surface area contributed by atoms with Crippen molar-refractivity contribution in [3.8, 4) is 0 Å². The maximum absolute atomic E-state index is 6.42. The molecule has 0 radical (unpaired) electrons. The summed E-state index contributed by atoms with van der Waals surface area (Å²) in [7, 11) is 1.99. The van der Waals surface area contributed by atoms with Gasteiger partial charge in [-0.1, -0.05) is 30.3 Å². The van der Waals surface area contributed by atoms with Gasteiger partial charge >= 0.3 is 0 Å². The Bertz CT molecular complexity index is 606. The summed E-state index contributed by atoms with van der Waals surface area (Å²) in [5.74, 6) is 1.24. The molecule has 1 aliphatic carbocycles. The van der Waals surface area contributed by atoms with Gasteiger partial charge in [-0.15, -0.1) is 0 Å². The van der Waals surface area contributed by atoms with Crippen LogP contribution in [0, 0.1) is 12.8 Å². The highest BCUT2D eigenvalue weighted by atomic mass is 79.9. The molecule has 20 heavy (non-hydrogen) atoms. The van der Waals surface area contributed by atoms with Crippen LogP contribution in [0.1, 0.15) is 29.3 Å². The minimum Gasteiger partial charge on any atom is -0.327 e. The molecule has 2 aromatic rings. The smallest absolute Gasteiger partial charge is 0.0738 e. The average Bonchev–Trinajstić information content (AvgIpc) is 3.20. The van der Waals surface area contributed by atoms with Crippen LogP contribution in [0.3, 0.4) is 0 Å². The van der Waals surface area contributed by atoms with Crippen LogP contribution in [-0.2, 0) is 13.5 Å². The van der Waals surface area contributed by atoms with E-state index in [9.17, 15) is 0 Å². The van der Waals surface area contributed by atoms with E-state index in [0.29, 0.717) is 11.8 Å². The van der Waals surface area contributed by atoms with Crippen LogP contribution in [0.15, 0.2) is 34.8 Å². The molecule has 0 amide bonds. The number of hydrogen-bond donors (Lipinski definition) is 1. The largest absolute Gasteiger partial charge is 0.327 e. The van der Waals surface area contributed by atoms with Gasteiger partial charge in [0.15, 0.2) is 0 Å². The summed E-state index contributed by atoms with van der Waals surface area (Å²) < 4.78 is 3.05. The number of aryl methyl sites for hydroxylation is 2. The number of benzene rings is 1. The molecule has 106 valence electrons. The SMILES string of the molecule is Cc1nn(C)c(CC(N)C2CC2c2ccccc2)c1Br. The minimum absolute atomic E-state index is 0.200. The fourth-order valence-electron chi connectivity index (χ4n) is 3.05. The fraction of sp³-hybridized carbons (Fsp3) is 0.438. The molecule has 1 aromatic carbocycles. The van der Waals surface area contributed by atoms with Crippen LogP contribution in [-0.4, -0.2) is 15.8 Å². The van der Waals surface area contributed by atoms with Gasteiger partial charge in [-0.05, 0) is 46.7 Å². The van der Waals surface area contributed by atoms with Gasteiger partial charge in [0, 0.05) is 19.5 Å². The third-order valence-corrected chi connectivity index (χ3v) is 5.34. The quantitative estimate of drug-likeness (QED) is 0.933. The van der Waals surface area contributed by atoms with Crippen molar-refractivity contribution in [1.82, 2.24) is 9.78 Å². The van der Waals surface area contributed by atoms with Gasteiger partial charge in [0.2, 0.25) is 0 Å². The van der Waals surface area contributed by atoms with Crippen molar-refractivity contribution in [3.05, 3.63) is 51.8 Å². The topological polar surface area (TPSA) is 43.8 Å². The van der Waals surface area contributed by atoms with Crippen LogP contribution in [0.5, 0.6) is 0 Å². The first-order chi connectivity index (χ1) is 9.58. The van der Waals surface area contributed by atoms with Gasteiger partial charge in [0.05, 0.1) is 15.9 Å². The van der Waals surface area contributed by atoms with Crippen LogP contribution in [0.25, 0.3) is 0 Å². The highest BCUT2D eigenvalue weighted by Crippen LogP contribution is 2.49. The summed E-state index contributed by atoms with van der Waals surface area (Å²) in [5.41, 5.74) is 10.1. The second-order valence-electron chi connectivity index (χ2n) is 5.75. The second-order valence-corrected chi connectivity index (χ2v) is 6.55. The summed E-state index contributed by atoms with van der Waals surface area (Å²) in [5, 5.41) is 4.43. The lowest BCUT2D eigenvalue weighted by Gasteiger charge is -2.12. The molecule has 1 aromatic heterocycles. The Morgan fingerprint density at radius 1 is 1.40 bits per heavy atom. The van der Waals surface area contributed by atoms with E-state index in [0.717, 1.165) is 16.6 Å². The summed E-state index contributed by atoms with van der Waals surface area (Å²) in [6, 6.07) is 10.9. The standard InChI is InChI=1S/C16H20BrN3/c1-10-16(17)15(20(2)19-10)9-14(18)13-8-12(13)11-6-4-3-5-7-11/h3-7,12-14H,8-9,18H2,1-2H3. The van der Waals surface area contributed by atoms with E-state index < -0.39 is 0 Å². The number of aromatic nitrogens is 2. The molecule has 3 nitrogen and oxygen atoms in total. The van der Waals surface area contributed by atoms with Crippen LogP contribution in [0.2, 0.25) is 0 Å². The number of rotatable bonds is 4. The van der Waals surface area contributed by atoms with E-state index in [1.165, 1.54) is 17.7 Å². The monoisotopic (exact) mass is 333 g/mol. The third kappa shape index (κ3) is 2.54. The van der Waals surface area contributed by atoms with E-state index in [-0.39, 0.29) is 6.04 Å². The summed E-state index contributed by atoms with van der Waals surface area (Å²) in [6.45, 7) is 2.02. The molecule has 0 bridgehead atoms. The van der Waals surface area contributed by atoms with E-state index in [2.05, 4.69) is 51.4 Å². The van der Waals surface area contributed by atoms with E-state index >= 15 is 0 Å². The Morgan fingerprint density at radius 3 is 2.70 bits per heavy atom. The zero-order chi connectivity index (χ0) is 14.3. The van der Waals surface area contributed by atoms with Gasteiger partial charge in [-0.25, -0.2) is 0 Å². The lowest BCUT2D eigenvalue weighted by molar-refractivity contribution is 0.550. The van der Waals surface area contributed by atoms with Crippen LogP contribution < -0.4 is 5.73 Å². The molecule has 1 heterocycles. The highest BCUT2D eigenvalue weighted by Gasteiger charge is 2.42. The first kappa shape index (κ1) is 13.8. The molecule has 1 saturated carbocycles. The molecule has 0 saturated heterocycles. The predicted octanol–water partition coefficient (Wildman–Crippen LogP) is 3.16. The highest BCUT2D eigenvalue weighted by molar-refractivity contribution is 9.10. The van der Waals surface area contributed by atoms with Gasteiger partial charge in [-0.2, -0.15) is 5.10 Å². The summed E-state index contributed by atoms with van der Waals surface area (Å²) >= 11 is 3.62. The first-order valence-electron chi connectivity index (χ1n) is 7.06. The Labute approximate surface area is 128 Å². The molecule has 1 fully saturated rings. The van der Waals surface area contributed by atoms with Gasteiger partial charge < -0.3 is 5.73 Å². The van der Waals surface area contributed by atoms with Crippen LogP contribution in [0.4, 0.5) is 0 Å². The molecule has 3 atom stereocenters. The third-order valence-electron chi connectivity index (χ3n) is 4.31. The number of nitrogens with two attached hydrogens (primary N) is 1. The Balaban J connectivity index is 1.68. The first-order valence-corrected chi connectivity index (χ1v) is 7.85. The maximum Gasteiger partial charge on any atom is 0.0738 e. The molecule has 3 unspecified atom stereocenters. The predicted molar refractivity (Wildman–Crippen MR) is 84.6 cm³/mol. The fourth-order valence-corrected chi connectivity index (χ4v) is 3.55. The van der Waals surface area contributed by atoms with Gasteiger partial charge in [-0.3, -0.25) is 4.68 Å². The van der Waals surface area contributed by atoms with E-state index in [1.54, 1.807) is 0 Å². The second kappa shape index (κ2) is 5.34. The molecule has 1 aliphatic rings. The molecule has 4 heteroatoms. The number of hydrogen-bond acceptors (Lipinski definition) is 2. The molecule has 0 spiro atoms. The van der Waals surface area contributed by atoms with Gasteiger partial charge in [0.25, 0.3) is 0 Å². The molecular weight excluding hydrogens is 314 g/mol. The zero-order valence-electron chi connectivity index (χ0n) is 11.9. The molecule has 0 aliphatic heterocycles. The van der Waals surface area contributed by atoms with Crippen LogP contribution >= 0.6 is 15.9 Å². The molecular formula is C16H20BrN3. The van der Waals surface area contributed by atoms with Crippen molar-refractivity contribution >= 4 is 15.9 Å². The van der Waals surface area contributed by atoms with Crippen molar-refractivity contribution in [1.29, 1.82) is 0 Å². The van der Waals surface area contributed by atoms with Crippen molar-refractivity contribution in [2.24, 2.45) is 18.7 Å². The van der Waals surface area contributed by atoms with E-state index in [4.69, 9.17) is 5.73 Å². The summed E-state index contributed by atoms with van der Waals surface area (Å²) in [4.78, 5) is 0. The van der Waals surface area contributed by atoms with Crippen molar-refractivity contribution in [2.75, 3.05) is 0 Å². The van der Waals surface area contributed by atoms with E-state index in [1.807, 2.05) is 18.7 Å².